The Bertz CT molecular complexity index is 1100. The highest BCUT2D eigenvalue weighted by atomic mass is 16.5. The number of ether oxygens (including phenoxy) is 2. The molecule has 0 saturated heterocycles. The molecule has 1 aromatic carbocycles. The van der Waals surface area contributed by atoms with Crippen molar-refractivity contribution in [2.75, 3.05) is 20.8 Å². The Morgan fingerprint density at radius 3 is 2.18 bits per heavy atom. The van der Waals surface area contributed by atoms with E-state index in [0.29, 0.717) is 37.6 Å². The number of pyridine rings is 1. The molecule has 0 fully saturated rings. The predicted molar refractivity (Wildman–Crippen MR) is 126 cm³/mol. The highest BCUT2D eigenvalue weighted by Gasteiger charge is 2.27. The van der Waals surface area contributed by atoms with Gasteiger partial charge in [-0.05, 0) is 49.4 Å². The maximum atomic E-state index is 13.5. The van der Waals surface area contributed by atoms with Gasteiger partial charge in [-0.2, -0.15) is 0 Å². The number of nitrogens with zero attached hydrogens (tertiary/aromatic N) is 2. The van der Waals surface area contributed by atoms with E-state index in [1.54, 1.807) is 36.1 Å². The number of hydrogen-bond donors (Lipinski definition) is 1. The molecule has 33 heavy (non-hydrogen) atoms. The van der Waals surface area contributed by atoms with E-state index >= 15 is 0 Å². The molecule has 0 saturated carbocycles. The zero-order valence-electron chi connectivity index (χ0n) is 20.2. The van der Waals surface area contributed by atoms with Gasteiger partial charge in [0, 0.05) is 38.1 Å². The van der Waals surface area contributed by atoms with Crippen molar-refractivity contribution in [3.63, 3.8) is 0 Å². The van der Waals surface area contributed by atoms with Crippen molar-refractivity contribution in [1.82, 2.24) is 14.8 Å². The Balaban J connectivity index is 1.98. The maximum absolute atomic E-state index is 13.5. The van der Waals surface area contributed by atoms with Crippen LogP contribution in [-0.2, 0) is 19.5 Å². The molecule has 1 aromatic heterocycles. The van der Waals surface area contributed by atoms with Gasteiger partial charge in [-0.3, -0.25) is 14.4 Å². The van der Waals surface area contributed by atoms with Crippen LogP contribution < -0.4 is 20.2 Å². The van der Waals surface area contributed by atoms with E-state index in [1.807, 2.05) is 39.8 Å². The Labute approximate surface area is 194 Å². The molecule has 0 spiro atoms. The first kappa shape index (κ1) is 24.4. The van der Waals surface area contributed by atoms with E-state index in [0.717, 1.165) is 11.1 Å². The highest BCUT2D eigenvalue weighted by molar-refractivity contribution is 5.99. The van der Waals surface area contributed by atoms with Gasteiger partial charge in [0.25, 0.3) is 11.8 Å². The molecule has 1 aliphatic rings. The molecule has 0 aliphatic carbocycles. The molecule has 178 valence electrons. The van der Waals surface area contributed by atoms with Crippen molar-refractivity contribution in [3.8, 4) is 11.5 Å². The standard InChI is InChI=1S/C25H33N3O5/c1-15(2)11-27-13-19(24(30)26-16(3)4)23(29)20(14-27)25(31)28-8-7-17-9-21(32-5)22(33-6)10-18(17)12-28/h9-10,13-16H,7-8,11-12H2,1-6H3,(H,26,30). The zero-order chi connectivity index (χ0) is 24.3. The van der Waals surface area contributed by atoms with Crippen LogP contribution in [0.2, 0.25) is 0 Å². The van der Waals surface area contributed by atoms with Crippen LogP contribution >= 0.6 is 0 Å². The molecular formula is C25H33N3O5. The van der Waals surface area contributed by atoms with Gasteiger partial charge in [0.2, 0.25) is 5.43 Å². The van der Waals surface area contributed by atoms with Crippen molar-refractivity contribution >= 4 is 11.8 Å². The fourth-order valence-electron chi connectivity index (χ4n) is 4.04. The Morgan fingerprint density at radius 2 is 1.61 bits per heavy atom. The normalized spacial score (nSPS) is 13.2. The third-order valence-electron chi connectivity index (χ3n) is 5.56. The number of carbonyl (C=O) groups excluding carboxylic acids is 2. The van der Waals surface area contributed by atoms with Crippen LogP contribution in [-0.4, -0.2) is 48.1 Å². The molecule has 0 atom stereocenters. The third kappa shape index (κ3) is 5.38. The van der Waals surface area contributed by atoms with Gasteiger partial charge in [0.05, 0.1) is 14.2 Å². The molecule has 0 unspecified atom stereocenters. The molecule has 8 heteroatoms. The Hall–Kier alpha value is -3.29. The van der Waals surface area contributed by atoms with Gasteiger partial charge >= 0.3 is 0 Å². The fourth-order valence-corrected chi connectivity index (χ4v) is 4.04. The maximum Gasteiger partial charge on any atom is 0.259 e. The van der Waals surface area contributed by atoms with Gasteiger partial charge in [0.15, 0.2) is 11.5 Å². The third-order valence-corrected chi connectivity index (χ3v) is 5.56. The Morgan fingerprint density at radius 1 is 1.00 bits per heavy atom. The number of methoxy groups -OCH3 is 2. The summed E-state index contributed by atoms with van der Waals surface area (Å²) >= 11 is 0. The summed E-state index contributed by atoms with van der Waals surface area (Å²) in [6, 6.07) is 3.68. The van der Waals surface area contributed by atoms with E-state index in [9.17, 15) is 14.4 Å². The number of fused-ring (bicyclic) bond motifs is 1. The summed E-state index contributed by atoms with van der Waals surface area (Å²) in [7, 11) is 3.16. The molecule has 2 aromatic rings. The summed E-state index contributed by atoms with van der Waals surface area (Å²) in [5, 5.41) is 2.76. The van der Waals surface area contributed by atoms with Gasteiger partial charge in [-0.25, -0.2) is 0 Å². The molecule has 2 amide bonds. The smallest absolute Gasteiger partial charge is 0.259 e. The number of nitrogens with one attached hydrogen (secondary N) is 1. The minimum Gasteiger partial charge on any atom is -0.493 e. The molecule has 1 N–H and O–H groups in total. The number of benzene rings is 1. The van der Waals surface area contributed by atoms with Crippen LogP contribution in [0.4, 0.5) is 0 Å². The van der Waals surface area contributed by atoms with E-state index in [4.69, 9.17) is 9.47 Å². The summed E-state index contributed by atoms with van der Waals surface area (Å²) in [6.45, 7) is 9.13. The molecule has 1 aliphatic heterocycles. The monoisotopic (exact) mass is 455 g/mol. The van der Waals surface area contributed by atoms with Crippen molar-refractivity contribution in [3.05, 3.63) is 57.0 Å². The summed E-state index contributed by atoms with van der Waals surface area (Å²) in [5.74, 6) is 0.676. The van der Waals surface area contributed by atoms with Crippen molar-refractivity contribution in [2.24, 2.45) is 5.92 Å². The van der Waals surface area contributed by atoms with Crippen LogP contribution in [0, 0.1) is 5.92 Å². The van der Waals surface area contributed by atoms with Crippen molar-refractivity contribution in [1.29, 1.82) is 0 Å². The number of amides is 2. The second kappa shape index (κ2) is 10.1. The van der Waals surface area contributed by atoms with Gasteiger partial charge in [-0.15, -0.1) is 0 Å². The largest absolute Gasteiger partial charge is 0.493 e. The minimum atomic E-state index is -0.545. The first-order valence-electron chi connectivity index (χ1n) is 11.2. The Kier molecular flexibility index (Phi) is 7.46. The van der Waals surface area contributed by atoms with E-state index in [2.05, 4.69) is 5.32 Å². The number of hydrogen-bond acceptors (Lipinski definition) is 5. The molecule has 8 nitrogen and oxygen atoms in total. The highest BCUT2D eigenvalue weighted by Crippen LogP contribution is 2.33. The minimum absolute atomic E-state index is 0.0102. The topological polar surface area (TPSA) is 89.9 Å². The fraction of sp³-hybridized carbons (Fsp3) is 0.480. The van der Waals surface area contributed by atoms with Gasteiger partial charge in [0.1, 0.15) is 11.1 Å². The molecule has 0 bridgehead atoms. The number of aromatic nitrogens is 1. The van der Waals surface area contributed by atoms with Gasteiger partial charge in [-0.1, -0.05) is 13.8 Å². The number of rotatable bonds is 7. The molecule has 3 rings (SSSR count). The molecule has 2 heterocycles. The summed E-state index contributed by atoms with van der Waals surface area (Å²) < 4.78 is 12.5. The average Bonchev–Trinajstić information content (AvgIpc) is 2.77. The average molecular weight is 456 g/mol. The van der Waals surface area contributed by atoms with Crippen molar-refractivity contribution in [2.45, 2.75) is 53.2 Å². The van der Waals surface area contributed by atoms with Crippen LogP contribution in [0.5, 0.6) is 11.5 Å². The van der Waals surface area contributed by atoms with Crippen LogP contribution in [0.3, 0.4) is 0 Å². The summed E-state index contributed by atoms with van der Waals surface area (Å²) in [6.07, 6.45) is 3.75. The lowest BCUT2D eigenvalue weighted by Gasteiger charge is -2.30. The first-order valence-corrected chi connectivity index (χ1v) is 11.2. The molecular weight excluding hydrogens is 422 g/mol. The lowest BCUT2D eigenvalue weighted by atomic mass is 9.98. The first-order chi connectivity index (χ1) is 15.6. The molecule has 0 radical (unpaired) electrons. The lowest BCUT2D eigenvalue weighted by Crippen LogP contribution is -2.41. The van der Waals surface area contributed by atoms with Crippen LogP contribution in [0.1, 0.15) is 59.5 Å². The van der Waals surface area contributed by atoms with Crippen LogP contribution in [0.15, 0.2) is 29.3 Å². The number of carbonyl (C=O) groups is 2. The van der Waals surface area contributed by atoms with E-state index < -0.39 is 11.3 Å². The quantitative estimate of drug-likeness (QED) is 0.693. The summed E-state index contributed by atoms with van der Waals surface area (Å²) in [5.41, 5.74) is 1.48. The second-order valence-electron chi connectivity index (χ2n) is 9.09. The van der Waals surface area contributed by atoms with Crippen LogP contribution in [0.25, 0.3) is 0 Å². The second-order valence-corrected chi connectivity index (χ2v) is 9.09. The SMILES string of the molecule is COc1cc2c(cc1OC)CN(C(=O)c1cn(CC(C)C)cc(C(=O)NC(C)C)c1=O)CC2. The lowest BCUT2D eigenvalue weighted by molar-refractivity contribution is 0.0732. The van der Waals surface area contributed by atoms with E-state index in [1.165, 1.54) is 0 Å². The van der Waals surface area contributed by atoms with Crippen molar-refractivity contribution < 1.29 is 19.1 Å². The summed E-state index contributed by atoms with van der Waals surface area (Å²) in [4.78, 5) is 41.0. The van der Waals surface area contributed by atoms with Gasteiger partial charge < -0.3 is 24.3 Å². The van der Waals surface area contributed by atoms with E-state index in [-0.39, 0.29) is 29.0 Å². The predicted octanol–water partition coefficient (Wildman–Crippen LogP) is 2.86. The zero-order valence-corrected chi connectivity index (χ0v) is 20.2.